The Morgan fingerprint density at radius 2 is 2.20 bits per heavy atom. The average molecular weight is 299 g/mol. The normalized spacial score (nSPS) is 11.8. The summed E-state index contributed by atoms with van der Waals surface area (Å²) in [6.45, 7) is 3.02. The van der Waals surface area contributed by atoms with E-state index in [-0.39, 0.29) is 12.5 Å². The number of carboxylic acids is 1. The zero-order chi connectivity index (χ0) is 14.8. The molecule has 112 valence electrons. The SMILES string of the molecule is CCC(CCNC(=O)NCc1nccs1)CCC(=O)O. The Bertz CT molecular complexity index is 409. The van der Waals surface area contributed by atoms with Gasteiger partial charge in [-0.2, -0.15) is 0 Å². The van der Waals surface area contributed by atoms with Crippen molar-refractivity contribution in [3.8, 4) is 0 Å². The van der Waals surface area contributed by atoms with Crippen molar-refractivity contribution in [2.45, 2.75) is 39.2 Å². The van der Waals surface area contributed by atoms with E-state index in [1.165, 1.54) is 11.3 Å². The number of aliphatic carboxylic acids is 1. The minimum absolute atomic E-state index is 0.189. The van der Waals surface area contributed by atoms with E-state index in [1.54, 1.807) is 6.20 Å². The number of nitrogens with one attached hydrogen (secondary N) is 2. The van der Waals surface area contributed by atoms with E-state index in [0.717, 1.165) is 17.8 Å². The van der Waals surface area contributed by atoms with Crippen LogP contribution in [0.15, 0.2) is 11.6 Å². The van der Waals surface area contributed by atoms with E-state index in [0.29, 0.717) is 25.4 Å². The molecule has 0 aliphatic carbocycles. The predicted molar refractivity (Wildman–Crippen MR) is 77.6 cm³/mol. The molecule has 0 aromatic carbocycles. The molecule has 7 heteroatoms. The number of thiazole rings is 1. The van der Waals surface area contributed by atoms with E-state index in [2.05, 4.69) is 15.6 Å². The Morgan fingerprint density at radius 3 is 2.80 bits per heavy atom. The Kier molecular flexibility index (Phi) is 7.64. The van der Waals surface area contributed by atoms with Crippen molar-refractivity contribution in [2.24, 2.45) is 5.92 Å². The Labute approximate surface area is 122 Å². The third kappa shape index (κ3) is 7.08. The number of hydrogen-bond donors (Lipinski definition) is 3. The second kappa shape index (κ2) is 9.30. The van der Waals surface area contributed by atoms with Gasteiger partial charge in [0, 0.05) is 24.5 Å². The van der Waals surface area contributed by atoms with Crippen molar-refractivity contribution in [1.29, 1.82) is 0 Å². The van der Waals surface area contributed by atoms with E-state index >= 15 is 0 Å². The molecule has 3 N–H and O–H groups in total. The van der Waals surface area contributed by atoms with Crippen LogP contribution in [0.3, 0.4) is 0 Å². The zero-order valence-electron chi connectivity index (χ0n) is 11.6. The number of carbonyl (C=O) groups is 2. The molecule has 0 aliphatic rings. The van der Waals surface area contributed by atoms with E-state index < -0.39 is 5.97 Å². The predicted octanol–water partition coefficient (Wildman–Crippen LogP) is 2.22. The quantitative estimate of drug-likeness (QED) is 0.652. The number of urea groups is 1. The smallest absolute Gasteiger partial charge is 0.315 e. The van der Waals surface area contributed by atoms with Crippen LogP contribution in [0.25, 0.3) is 0 Å². The maximum absolute atomic E-state index is 11.5. The summed E-state index contributed by atoms with van der Waals surface area (Å²) in [5, 5.41) is 16.9. The highest BCUT2D eigenvalue weighted by atomic mass is 32.1. The van der Waals surface area contributed by atoms with Crippen molar-refractivity contribution in [2.75, 3.05) is 6.54 Å². The topological polar surface area (TPSA) is 91.3 Å². The molecule has 1 aromatic heterocycles. The average Bonchev–Trinajstić information content (AvgIpc) is 2.93. The molecule has 6 nitrogen and oxygen atoms in total. The third-order valence-corrected chi connectivity index (χ3v) is 3.85. The number of nitrogens with zero attached hydrogens (tertiary/aromatic N) is 1. The van der Waals surface area contributed by atoms with Crippen LogP contribution in [0, 0.1) is 5.92 Å². The fraction of sp³-hybridized carbons (Fsp3) is 0.615. The fourth-order valence-corrected chi connectivity index (χ4v) is 2.38. The van der Waals surface area contributed by atoms with Gasteiger partial charge >= 0.3 is 12.0 Å². The Morgan fingerprint density at radius 1 is 1.40 bits per heavy atom. The standard InChI is InChI=1S/C13H21N3O3S/c1-2-10(3-4-12(17)18)5-6-15-13(19)16-9-11-14-7-8-20-11/h7-8,10H,2-6,9H2,1H3,(H,17,18)(H2,15,16,19). The van der Waals surface area contributed by atoms with Crippen LogP contribution in [0.5, 0.6) is 0 Å². The van der Waals surface area contributed by atoms with Gasteiger partial charge in [0.2, 0.25) is 0 Å². The zero-order valence-corrected chi connectivity index (χ0v) is 12.4. The molecule has 1 unspecified atom stereocenters. The van der Waals surface area contributed by atoms with Crippen LogP contribution in [0.2, 0.25) is 0 Å². The van der Waals surface area contributed by atoms with E-state index in [1.807, 2.05) is 12.3 Å². The molecule has 1 aromatic rings. The van der Waals surface area contributed by atoms with Crippen LogP contribution in [-0.4, -0.2) is 28.6 Å². The summed E-state index contributed by atoms with van der Waals surface area (Å²) in [6, 6.07) is -0.215. The lowest BCUT2D eigenvalue weighted by molar-refractivity contribution is -0.137. The summed E-state index contributed by atoms with van der Waals surface area (Å²) in [5.41, 5.74) is 0. The van der Waals surface area contributed by atoms with Crippen molar-refractivity contribution >= 4 is 23.3 Å². The first-order valence-electron chi connectivity index (χ1n) is 6.73. The second-order valence-electron chi connectivity index (χ2n) is 4.53. The van der Waals surface area contributed by atoms with Crippen molar-refractivity contribution in [3.63, 3.8) is 0 Å². The largest absolute Gasteiger partial charge is 0.481 e. The number of aromatic nitrogens is 1. The third-order valence-electron chi connectivity index (χ3n) is 3.07. The molecule has 0 radical (unpaired) electrons. The Balaban J connectivity index is 2.11. The summed E-state index contributed by atoms with van der Waals surface area (Å²) in [6.07, 6.45) is 4.28. The lowest BCUT2D eigenvalue weighted by Gasteiger charge is -2.14. The lowest BCUT2D eigenvalue weighted by atomic mass is 9.97. The summed E-state index contributed by atoms with van der Waals surface area (Å²) < 4.78 is 0. The van der Waals surface area contributed by atoms with Crippen molar-refractivity contribution < 1.29 is 14.7 Å². The van der Waals surface area contributed by atoms with Crippen LogP contribution >= 0.6 is 11.3 Å². The molecule has 1 atom stereocenters. The molecule has 0 saturated carbocycles. The maximum Gasteiger partial charge on any atom is 0.315 e. The van der Waals surface area contributed by atoms with Crippen LogP contribution < -0.4 is 10.6 Å². The molecular formula is C13H21N3O3S. The van der Waals surface area contributed by atoms with E-state index in [9.17, 15) is 9.59 Å². The number of rotatable bonds is 9. The van der Waals surface area contributed by atoms with Gasteiger partial charge in [-0.25, -0.2) is 9.78 Å². The highest BCUT2D eigenvalue weighted by Gasteiger charge is 2.09. The minimum Gasteiger partial charge on any atom is -0.481 e. The number of carbonyl (C=O) groups excluding carboxylic acids is 1. The van der Waals surface area contributed by atoms with Gasteiger partial charge in [0.25, 0.3) is 0 Å². The molecular weight excluding hydrogens is 278 g/mol. The van der Waals surface area contributed by atoms with Gasteiger partial charge < -0.3 is 15.7 Å². The van der Waals surface area contributed by atoms with Gasteiger partial charge in [-0.15, -0.1) is 11.3 Å². The maximum atomic E-state index is 11.5. The molecule has 1 rings (SSSR count). The molecule has 20 heavy (non-hydrogen) atoms. The first-order chi connectivity index (χ1) is 9.61. The molecule has 0 fully saturated rings. The van der Waals surface area contributed by atoms with Crippen LogP contribution in [-0.2, 0) is 11.3 Å². The molecule has 2 amide bonds. The van der Waals surface area contributed by atoms with Gasteiger partial charge in [0.05, 0.1) is 6.54 Å². The monoisotopic (exact) mass is 299 g/mol. The van der Waals surface area contributed by atoms with Gasteiger partial charge in [0.15, 0.2) is 0 Å². The summed E-state index contributed by atoms with van der Waals surface area (Å²) in [5.74, 6) is -0.428. The molecule has 0 spiro atoms. The molecule has 0 bridgehead atoms. The van der Waals surface area contributed by atoms with Crippen molar-refractivity contribution in [3.05, 3.63) is 16.6 Å². The van der Waals surface area contributed by atoms with E-state index in [4.69, 9.17) is 5.11 Å². The Hall–Kier alpha value is -1.63. The van der Waals surface area contributed by atoms with Crippen molar-refractivity contribution in [1.82, 2.24) is 15.6 Å². The summed E-state index contributed by atoms with van der Waals surface area (Å²) >= 11 is 1.50. The van der Waals surface area contributed by atoms with Gasteiger partial charge in [-0.3, -0.25) is 4.79 Å². The number of hydrogen-bond acceptors (Lipinski definition) is 4. The number of carboxylic acid groups (broad SMARTS) is 1. The van der Waals surface area contributed by atoms with Crippen LogP contribution in [0.4, 0.5) is 4.79 Å². The highest BCUT2D eigenvalue weighted by Crippen LogP contribution is 2.14. The summed E-state index contributed by atoms with van der Waals surface area (Å²) in [7, 11) is 0. The summed E-state index contributed by atoms with van der Waals surface area (Å²) in [4.78, 5) is 26.1. The first-order valence-corrected chi connectivity index (χ1v) is 7.61. The minimum atomic E-state index is -0.766. The van der Waals surface area contributed by atoms with Gasteiger partial charge in [-0.1, -0.05) is 13.3 Å². The van der Waals surface area contributed by atoms with Crippen LogP contribution in [0.1, 0.15) is 37.6 Å². The molecule has 0 saturated heterocycles. The van der Waals surface area contributed by atoms with Gasteiger partial charge in [0.1, 0.15) is 5.01 Å². The fourth-order valence-electron chi connectivity index (χ4n) is 1.83. The first kappa shape index (κ1) is 16.4. The highest BCUT2D eigenvalue weighted by molar-refractivity contribution is 7.09. The second-order valence-corrected chi connectivity index (χ2v) is 5.51. The van der Waals surface area contributed by atoms with Gasteiger partial charge in [-0.05, 0) is 18.8 Å². The lowest BCUT2D eigenvalue weighted by Crippen LogP contribution is -2.36. The molecule has 1 heterocycles. The number of amides is 2. The molecule has 0 aliphatic heterocycles.